The van der Waals surface area contributed by atoms with Gasteiger partial charge in [0, 0.05) is 5.92 Å². The van der Waals surface area contributed by atoms with Gasteiger partial charge in [-0.15, -0.1) is 0 Å². The molecule has 0 N–H and O–H groups in total. The zero-order chi connectivity index (χ0) is 10.3. The lowest BCUT2D eigenvalue weighted by atomic mass is 9.91. The molecule has 0 aromatic heterocycles. The molecule has 2 aliphatic carbocycles. The summed E-state index contributed by atoms with van der Waals surface area (Å²) < 4.78 is 0. The molecule has 2 heteroatoms. The topological polar surface area (TPSA) is 29.4 Å². The van der Waals surface area contributed by atoms with Crippen LogP contribution in [0.4, 0.5) is 0 Å². The second-order valence-corrected chi connectivity index (χ2v) is 4.60. The fourth-order valence-electron chi connectivity index (χ4n) is 2.87. The zero-order valence-corrected chi connectivity index (χ0v) is 8.57. The molecule has 1 atom stereocenters. The van der Waals surface area contributed by atoms with E-state index >= 15 is 0 Å². The molecule has 1 unspecified atom stereocenters. The SMILES string of the molecule is O=C=NC1(C2CCc3ccccc32)CC1. The lowest BCUT2D eigenvalue weighted by Gasteiger charge is -2.17. The molecule has 2 nitrogen and oxygen atoms in total. The fourth-order valence-corrected chi connectivity index (χ4v) is 2.87. The van der Waals surface area contributed by atoms with E-state index in [0.717, 1.165) is 25.7 Å². The van der Waals surface area contributed by atoms with Gasteiger partial charge in [-0.1, -0.05) is 24.3 Å². The second-order valence-electron chi connectivity index (χ2n) is 4.60. The molecule has 2 aliphatic rings. The van der Waals surface area contributed by atoms with Crippen LogP contribution in [-0.4, -0.2) is 11.6 Å². The summed E-state index contributed by atoms with van der Waals surface area (Å²) in [5.74, 6) is 0.468. The van der Waals surface area contributed by atoms with Crippen molar-refractivity contribution in [2.24, 2.45) is 4.99 Å². The molecule has 76 valence electrons. The van der Waals surface area contributed by atoms with Crippen LogP contribution in [0.15, 0.2) is 29.3 Å². The molecule has 0 amide bonds. The smallest absolute Gasteiger partial charge is 0.211 e. The first-order valence-corrected chi connectivity index (χ1v) is 5.52. The summed E-state index contributed by atoms with van der Waals surface area (Å²) in [7, 11) is 0. The van der Waals surface area contributed by atoms with E-state index in [1.807, 2.05) is 0 Å². The van der Waals surface area contributed by atoms with E-state index in [9.17, 15) is 4.79 Å². The van der Waals surface area contributed by atoms with Gasteiger partial charge >= 0.3 is 0 Å². The molecule has 0 heterocycles. The van der Waals surface area contributed by atoms with Crippen molar-refractivity contribution in [3.05, 3.63) is 35.4 Å². The van der Waals surface area contributed by atoms with Crippen LogP contribution in [0.2, 0.25) is 0 Å². The van der Waals surface area contributed by atoms with Gasteiger partial charge in [0.05, 0.1) is 5.54 Å². The average molecular weight is 199 g/mol. The molecule has 1 saturated carbocycles. The van der Waals surface area contributed by atoms with Gasteiger partial charge in [-0.05, 0) is 36.8 Å². The number of aliphatic imine (C=N–C) groups is 1. The molecule has 0 aliphatic heterocycles. The first-order valence-electron chi connectivity index (χ1n) is 5.52. The first kappa shape index (κ1) is 8.87. The second kappa shape index (κ2) is 3.04. The molecule has 0 bridgehead atoms. The Hall–Kier alpha value is -1.40. The van der Waals surface area contributed by atoms with Crippen LogP contribution in [-0.2, 0) is 11.2 Å². The number of benzene rings is 1. The number of hydrogen-bond acceptors (Lipinski definition) is 2. The summed E-state index contributed by atoms with van der Waals surface area (Å²) in [6.07, 6.45) is 6.15. The molecular formula is C13H13NO. The average Bonchev–Trinajstić information content (AvgIpc) is 2.91. The highest BCUT2D eigenvalue weighted by Crippen LogP contribution is 2.55. The minimum atomic E-state index is -0.0750. The Balaban J connectivity index is 2.01. The van der Waals surface area contributed by atoms with Crippen LogP contribution < -0.4 is 0 Å². The van der Waals surface area contributed by atoms with Gasteiger partial charge in [0.1, 0.15) is 0 Å². The van der Waals surface area contributed by atoms with Crippen molar-refractivity contribution < 1.29 is 4.79 Å². The predicted octanol–water partition coefficient (Wildman–Crippen LogP) is 2.58. The maximum absolute atomic E-state index is 10.4. The minimum Gasteiger partial charge on any atom is -0.211 e. The van der Waals surface area contributed by atoms with E-state index in [2.05, 4.69) is 29.3 Å². The van der Waals surface area contributed by atoms with E-state index in [4.69, 9.17) is 0 Å². The Bertz CT molecular complexity index is 442. The maximum Gasteiger partial charge on any atom is 0.235 e. The van der Waals surface area contributed by atoms with Crippen LogP contribution in [0.5, 0.6) is 0 Å². The van der Waals surface area contributed by atoms with Gasteiger partial charge in [0.15, 0.2) is 0 Å². The number of fused-ring (bicyclic) bond motifs is 1. The van der Waals surface area contributed by atoms with Crippen LogP contribution in [0.3, 0.4) is 0 Å². The van der Waals surface area contributed by atoms with E-state index in [-0.39, 0.29) is 5.54 Å². The van der Waals surface area contributed by atoms with Crippen molar-refractivity contribution in [3.63, 3.8) is 0 Å². The molecular weight excluding hydrogens is 186 g/mol. The minimum absolute atomic E-state index is 0.0750. The number of hydrogen-bond donors (Lipinski definition) is 0. The Labute approximate surface area is 89.0 Å². The highest BCUT2D eigenvalue weighted by molar-refractivity contribution is 5.43. The Morgan fingerprint density at radius 3 is 2.87 bits per heavy atom. The van der Waals surface area contributed by atoms with Crippen LogP contribution >= 0.6 is 0 Å². The molecule has 3 rings (SSSR count). The summed E-state index contributed by atoms with van der Waals surface area (Å²) in [5, 5.41) is 0. The summed E-state index contributed by atoms with van der Waals surface area (Å²) in [5.41, 5.74) is 2.78. The van der Waals surface area contributed by atoms with Gasteiger partial charge in [-0.2, -0.15) is 4.99 Å². The zero-order valence-electron chi connectivity index (χ0n) is 8.57. The number of carbonyl (C=O) groups excluding carboxylic acids is 1. The molecule has 1 aromatic rings. The van der Waals surface area contributed by atoms with Crippen LogP contribution in [0, 0.1) is 0 Å². The van der Waals surface area contributed by atoms with Crippen LogP contribution in [0.25, 0.3) is 0 Å². The van der Waals surface area contributed by atoms with Gasteiger partial charge in [0.25, 0.3) is 0 Å². The third-order valence-corrected chi connectivity index (χ3v) is 3.81. The summed E-state index contributed by atoms with van der Waals surface area (Å²) >= 11 is 0. The molecule has 1 fully saturated rings. The van der Waals surface area contributed by atoms with Crippen molar-refractivity contribution in [3.8, 4) is 0 Å². The van der Waals surface area contributed by atoms with E-state index in [0.29, 0.717) is 5.92 Å². The summed E-state index contributed by atoms with van der Waals surface area (Å²) in [4.78, 5) is 14.5. The molecule has 0 spiro atoms. The van der Waals surface area contributed by atoms with E-state index in [1.165, 1.54) is 11.1 Å². The first-order chi connectivity index (χ1) is 7.36. The monoisotopic (exact) mass is 199 g/mol. The van der Waals surface area contributed by atoms with Gasteiger partial charge in [-0.3, -0.25) is 0 Å². The third-order valence-electron chi connectivity index (χ3n) is 3.81. The largest absolute Gasteiger partial charge is 0.235 e. The quantitative estimate of drug-likeness (QED) is 0.531. The van der Waals surface area contributed by atoms with E-state index in [1.54, 1.807) is 6.08 Å². The lowest BCUT2D eigenvalue weighted by molar-refractivity contribution is 0.504. The lowest BCUT2D eigenvalue weighted by Crippen LogP contribution is -2.15. The van der Waals surface area contributed by atoms with Crippen molar-refractivity contribution in [1.82, 2.24) is 0 Å². The van der Waals surface area contributed by atoms with Crippen LogP contribution in [0.1, 0.15) is 36.3 Å². The third kappa shape index (κ3) is 1.25. The summed E-state index contributed by atoms with van der Waals surface area (Å²) in [6.45, 7) is 0. The normalized spacial score (nSPS) is 25.5. The number of isocyanates is 1. The molecule has 1 aromatic carbocycles. The number of nitrogens with zero attached hydrogens (tertiary/aromatic N) is 1. The van der Waals surface area contributed by atoms with Gasteiger partial charge in [0.2, 0.25) is 6.08 Å². The number of aryl methyl sites for hydroxylation is 1. The van der Waals surface area contributed by atoms with Gasteiger partial charge in [-0.25, -0.2) is 4.79 Å². The standard InChI is InChI=1S/C13H13NO/c15-9-14-13(7-8-13)12-6-5-10-3-1-2-4-11(10)12/h1-4,12H,5-8H2. The Morgan fingerprint density at radius 1 is 1.33 bits per heavy atom. The number of rotatable bonds is 2. The predicted molar refractivity (Wildman–Crippen MR) is 57.6 cm³/mol. The molecule has 0 radical (unpaired) electrons. The maximum atomic E-state index is 10.4. The van der Waals surface area contributed by atoms with Crippen molar-refractivity contribution in [2.75, 3.05) is 0 Å². The van der Waals surface area contributed by atoms with Crippen molar-refractivity contribution in [1.29, 1.82) is 0 Å². The highest BCUT2D eigenvalue weighted by atomic mass is 16.1. The van der Waals surface area contributed by atoms with Crippen molar-refractivity contribution >= 4 is 6.08 Å². The fraction of sp³-hybridized carbons (Fsp3) is 0.462. The van der Waals surface area contributed by atoms with Gasteiger partial charge < -0.3 is 0 Å². The highest BCUT2D eigenvalue weighted by Gasteiger charge is 2.52. The molecule has 0 saturated heterocycles. The Kier molecular flexibility index (Phi) is 1.80. The molecule has 15 heavy (non-hydrogen) atoms. The van der Waals surface area contributed by atoms with E-state index < -0.39 is 0 Å². The summed E-state index contributed by atoms with van der Waals surface area (Å²) in [6, 6.07) is 8.55. The Morgan fingerprint density at radius 2 is 2.13 bits per heavy atom. The van der Waals surface area contributed by atoms with Crippen molar-refractivity contribution in [2.45, 2.75) is 37.1 Å².